The van der Waals surface area contributed by atoms with E-state index in [0.29, 0.717) is 10.2 Å². The second kappa shape index (κ2) is 6.05. The molecule has 0 fully saturated rings. The molecule has 2 rings (SSSR count). The van der Waals surface area contributed by atoms with Gasteiger partial charge in [-0.05, 0) is 65.2 Å². The molecule has 1 N–H and O–H groups in total. The van der Waals surface area contributed by atoms with Crippen LogP contribution < -0.4 is 5.32 Å². The van der Waals surface area contributed by atoms with E-state index in [9.17, 15) is 14.9 Å². The standard InChI is InChI=1S/C15H13BrN2O3/c1-9-5-10(2)7-12(6-9)17-15(19)11-3-4-13(16)14(8-11)18(20)21/h3-8H,1-2H3,(H,17,19). The van der Waals surface area contributed by atoms with E-state index in [4.69, 9.17) is 0 Å². The number of hydrogen-bond donors (Lipinski definition) is 1. The fourth-order valence-corrected chi connectivity index (χ4v) is 2.44. The molecule has 108 valence electrons. The highest BCUT2D eigenvalue weighted by Gasteiger charge is 2.16. The van der Waals surface area contributed by atoms with Gasteiger partial charge in [-0.15, -0.1) is 0 Å². The number of nitro benzene ring substituents is 1. The van der Waals surface area contributed by atoms with Gasteiger partial charge in [0.15, 0.2) is 0 Å². The van der Waals surface area contributed by atoms with Crippen molar-refractivity contribution in [2.24, 2.45) is 0 Å². The van der Waals surface area contributed by atoms with Gasteiger partial charge >= 0.3 is 0 Å². The zero-order valence-electron chi connectivity index (χ0n) is 11.5. The first-order valence-corrected chi connectivity index (χ1v) is 6.99. The van der Waals surface area contributed by atoms with Gasteiger partial charge in [0.1, 0.15) is 0 Å². The van der Waals surface area contributed by atoms with Gasteiger partial charge < -0.3 is 5.32 Å². The molecule has 0 aliphatic carbocycles. The lowest BCUT2D eigenvalue weighted by Crippen LogP contribution is -2.12. The molecule has 0 unspecified atom stereocenters. The lowest BCUT2D eigenvalue weighted by Gasteiger charge is -2.08. The van der Waals surface area contributed by atoms with Crippen LogP contribution in [0.3, 0.4) is 0 Å². The third-order valence-corrected chi connectivity index (χ3v) is 3.56. The van der Waals surface area contributed by atoms with E-state index in [-0.39, 0.29) is 17.2 Å². The Morgan fingerprint density at radius 1 is 1.14 bits per heavy atom. The van der Waals surface area contributed by atoms with Gasteiger partial charge in [0, 0.05) is 17.3 Å². The van der Waals surface area contributed by atoms with E-state index >= 15 is 0 Å². The molecule has 5 nitrogen and oxygen atoms in total. The second-order valence-electron chi connectivity index (χ2n) is 4.75. The first-order valence-electron chi connectivity index (χ1n) is 6.20. The van der Waals surface area contributed by atoms with Gasteiger partial charge in [-0.1, -0.05) is 6.07 Å². The molecule has 0 spiro atoms. The van der Waals surface area contributed by atoms with Crippen LogP contribution in [0.1, 0.15) is 21.5 Å². The molecule has 1 amide bonds. The summed E-state index contributed by atoms with van der Waals surface area (Å²) in [4.78, 5) is 22.5. The number of nitrogens with one attached hydrogen (secondary N) is 1. The zero-order valence-corrected chi connectivity index (χ0v) is 13.1. The molecular weight excluding hydrogens is 336 g/mol. The Balaban J connectivity index is 2.28. The van der Waals surface area contributed by atoms with E-state index in [0.717, 1.165) is 11.1 Å². The van der Waals surface area contributed by atoms with Gasteiger partial charge in [0.25, 0.3) is 11.6 Å². The Kier molecular flexibility index (Phi) is 4.37. The molecule has 0 aliphatic heterocycles. The maximum atomic E-state index is 12.2. The summed E-state index contributed by atoms with van der Waals surface area (Å²) >= 11 is 3.09. The molecule has 0 atom stereocenters. The fraction of sp³-hybridized carbons (Fsp3) is 0.133. The summed E-state index contributed by atoms with van der Waals surface area (Å²) in [6.45, 7) is 3.88. The van der Waals surface area contributed by atoms with Crippen molar-refractivity contribution in [2.45, 2.75) is 13.8 Å². The molecule has 2 aromatic carbocycles. The summed E-state index contributed by atoms with van der Waals surface area (Å²) in [6.07, 6.45) is 0. The first-order chi connectivity index (χ1) is 9.86. The number of halogens is 1. The average Bonchev–Trinajstić information content (AvgIpc) is 2.37. The van der Waals surface area contributed by atoms with Crippen LogP contribution in [0.2, 0.25) is 0 Å². The lowest BCUT2D eigenvalue weighted by molar-refractivity contribution is -0.385. The molecular formula is C15H13BrN2O3. The van der Waals surface area contributed by atoms with Crippen molar-refractivity contribution >= 4 is 33.2 Å². The van der Waals surface area contributed by atoms with Crippen LogP contribution in [-0.4, -0.2) is 10.8 Å². The monoisotopic (exact) mass is 348 g/mol. The number of carbonyl (C=O) groups is 1. The number of aryl methyl sites for hydroxylation is 2. The summed E-state index contributed by atoms with van der Waals surface area (Å²) in [6, 6.07) is 9.97. The first kappa shape index (κ1) is 15.2. The van der Waals surface area contributed by atoms with Crippen LogP contribution in [0.5, 0.6) is 0 Å². The maximum absolute atomic E-state index is 12.2. The zero-order chi connectivity index (χ0) is 15.6. The maximum Gasteiger partial charge on any atom is 0.284 e. The van der Waals surface area contributed by atoms with E-state index < -0.39 is 4.92 Å². The second-order valence-corrected chi connectivity index (χ2v) is 5.61. The topological polar surface area (TPSA) is 72.2 Å². The summed E-state index contributed by atoms with van der Waals surface area (Å²) < 4.78 is 0.343. The molecule has 0 aliphatic rings. The molecule has 0 bridgehead atoms. The number of nitrogens with zero attached hydrogens (tertiary/aromatic N) is 1. The number of carbonyl (C=O) groups excluding carboxylic acids is 1. The van der Waals surface area contributed by atoms with E-state index in [1.807, 2.05) is 32.0 Å². The normalized spacial score (nSPS) is 10.2. The molecule has 0 saturated carbocycles. The predicted octanol–water partition coefficient (Wildman–Crippen LogP) is 4.23. The highest BCUT2D eigenvalue weighted by molar-refractivity contribution is 9.10. The van der Waals surface area contributed by atoms with Crippen LogP contribution in [0.15, 0.2) is 40.9 Å². The minimum Gasteiger partial charge on any atom is -0.322 e. The van der Waals surface area contributed by atoms with E-state index in [2.05, 4.69) is 21.2 Å². The van der Waals surface area contributed by atoms with E-state index in [1.165, 1.54) is 18.2 Å². The van der Waals surface area contributed by atoms with Crippen LogP contribution in [0.4, 0.5) is 11.4 Å². The van der Waals surface area contributed by atoms with Crippen LogP contribution in [-0.2, 0) is 0 Å². The Labute approximate surface area is 130 Å². The number of benzene rings is 2. The van der Waals surface area contributed by atoms with Crippen molar-refractivity contribution in [3.63, 3.8) is 0 Å². The van der Waals surface area contributed by atoms with Crippen molar-refractivity contribution in [3.8, 4) is 0 Å². The third-order valence-electron chi connectivity index (χ3n) is 2.88. The quantitative estimate of drug-likeness (QED) is 0.666. The van der Waals surface area contributed by atoms with Crippen molar-refractivity contribution in [1.29, 1.82) is 0 Å². The molecule has 21 heavy (non-hydrogen) atoms. The van der Waals surface area contributed by atoms with Crippen molar-refractivity contribution < 1.29 is 9.72 Å². The number of hydrogen-bond acceptors (Lipinski definition) is 3. The van der Waals surface area contributed by atoms with Crippen molar-refractivity contribution in [2.75, 3.05) is 5.32 Å². The number of nitro groups is 1. The van der Waals surface area contributed by atoms with Crippen molar-refractivity contribution in [1.82, 2.24) is 0 Å². The summed E-state index contributed by atoms with van der Waals surface area (Å²) in [5, 5.41) is 13.6. The van der Waals surface area contributed by atoms with Crippen molar-refractivity contribution in [3.05, 3.63) is 67.7 Å². The summed E-state index contributed by atoms with van der Waals surface area (Å²) in [5.41, 5.74) is 2.84. The van der Waals surface area contributed by atoms with Gasteiger partial charge in [-0.25, -0.2) is 0 Å². The number of amides is 1. The van der Waals surface area contributed by atoms with Gasteiger partial charge in [0.05, 0.1) is 9.40 Å². The van der Waals surface area contributed by atoms with Gasteiger partial charge in [0.2, 0.25) is 0 Å². The average molecular weight is 349 g/mol. The molecule has 0 saturated heterocycles. The lowest BCUT2D eigenvalue weighted by atomic mass is 10.1. The molecule has 0 radical (unpaired) electrons. The molecule has 0 heterocycles. The minimum absolute atomic E-state index is 0.136. The third kappa shape index (κ3) is 3.66. The number of anilines is 1. The minimum atomic E-state index is -0.530. The Morgan fingerprint density at radius 2 is 1.76 bits per heavy atom. The molecule has 2 aromatic rings. The number of rotatable bonds is 3. The molecule has 6 heteroatoms. The Morgan fingerprint density at radius 3 is 2.33 bits per heavy atom. The smallest absolute Gasteiger partial charge is 0.284 e. The highest BCUT2D eigenvalue weighted by Crippen LogP contribution is 2.26. The fourth-order valence-electron chi connectivity index (χ4n) is 2.04. The van der Waals surface area contributed by atoms with Crippen LogP contribution in [0, 0.1) is 24.0 Å². The Bertz CT molecular complexity index is 709. The van der Waals surface area contributed by atoms with Crippen LogP contribution >= 0.6 is 15.9 Å². The Hall–Kier alpha value is -2.21. The van der Waals surface area contributed by atoms with Crippen LogP contribution in [0.25, 0.3) is 0 Å². The molecule has 0 aromatic heterocycles. The SMILES string of the molecule is Cc1cc(C)cc(NC(=O)c2ccc(Br)c([N+](=O)[O-])c2)c1. The predicted molar refractivity (Wildman–Crippen MR) is 84.7 cm³/mol. The largest absolute Gasteiger partial charge is 0.322 e. The van der Waals surface area contributed by atoms with E-state index in [1.54, 1.807) is 0 Å². The summed E-state index contributed by atoms with van der Waals surface area (Å²) in [5.74, 6) is -0.379. The van der Waals surface area contributed by atoms with Gasteiger partial charge in [-0.2, -0.15) is 0 Å². The van der Waals surface area contributed by atoms with Gasteiger partial charge in [-0.3, -0.25) is 14.9 Å². The summed E-state index contributed by atoms with van der Waals surface area (Å²) in [7, 11) is 0. The highest BCUT2D eigenvalue weighted by atomic mass is 79.9.